The Morgan fingerprint density at radius 3 is 3.00 bits per heavy atom. The Kier molecular flexibility index (Phi) is 4.06. The molecule has 1 aromatic carbocycles. The zero-order chi connectivity index (χ0) is 12.3. The van der Waals surface area contributed by atoms with E-state index >= 15 is 0 Å². The minimum absolute atomic E-state index is 0.219. The Labute approximate surface area is 108 Å². The molecule has 0 aromatic heterocycles. The SMILES string of the molecule is CCC(=O)N1CCCc2cc(CCCl)ccc21. The number of hydrogen-bond acceptors (Lipinski definition) is 1. The monoisotopic (exact) mass is 251 g/mol. The normalized spacial score (nSPS) is 14.6. The van der Waals surface area contributed by atoms with Gasteiger partial charge >= 0.3 is 0 Å². The van der Waals surface area contributed by atoms with Crippen molar-refractivity contribution >= 4 is 23.2 Å². The summed E-state index contributed by atoms with van der Waals surface area (Å²) in [4.78, 5) is 13.8. The van der Waals surface area contributed by atoms with E-state index in [1.807, 2.05) is 11.8 Å². The smallest absolute Gasteiger partial charge is 0.226 e. The molecule has 1 heterocycles. The lowest BCUT2D eigenvalue weighted by molar-refractivity contribution is -0.118. The molecular weight excluding hydrogens is 234 g/mol. The van der Waals surface area contributed by atoms with Crippen LogP contribution in [-0.2, 0) is 17.6 Å². The fraction of sp³-hybridized carbons (Fsp3) is 0.500. The number of fused-ring (bicyclic) bond motifs is 1. The Balaban J connectivity index is 2.30. The molecule has 1 aliphatic rings. The summed E-state index contributed by atoms with van der Waals surface area (Å²) in [5.74, 6) is 0.868. The van der Waals surface area contributed by atoms with Gasteiger partial charge in [-0.05, 0) is 36.5 Å². The van der Waals surface area contributed by atoms with Crippen molar-refractivity contribution < 1.29 is 4.79 Å². The van der Waals surface area contributed by atoms with Crippen LogP contribution in [0.4, 0.5) is 5.69 Å². The van der Waals surface area contributed by atoms with E-state index in [1.165, 1.54) is 11.1 Å². The summed E-state index contributed by atoms with van der Waals surface area (Å²) in [6.07, 6.45) is 3.60. The standard InChI is InChI=1S/C14H18ClNO/c1-2-14(17)16-9-3-4-12-10-11(7-8-15)5-6-13(12)16/h5-6,10H,2-4,7-9H2,1H3. The molecule has 0 fully saturated rings. The van der Waals surface area contributed by atoms with Crippen LogP contribution in [0.25, 0.3) is 0 Å². The molecule has 1 amide bonds. The number of hydrogen-bond donors (Lipinski definition) is 0. The van der Waals surface area contributed by atoms with Crippen molar-refractivity contribution in [3.05, 3.63) is 29.3 Å². The zero-order valence-electron chi connectivity index (χ0n) is 10.2. The van der Waals surface area contributed by atoms with Gasteiger partial charge in [0.25, 0.3) is 0 Å². The van der Waals surface area contributed by atoms with E-state index in [9.17, 15) is 4.79 Å². The van der Waals surface area contributed by atoms with Crippen LogP contribution in [0.3, 0.4) is 0 Å². The minimum atomic E-state index is 0.219. The van der Waals surface area contributed by atoms with Crippen LogP contribution in [-0.4, -0.2) is 18.3 Å². The summed E-state index contributed by atoms with van der Waals surface area (Å²) in [5, 5.41) is 0. The van der Waals surface area contributed by atoms with Crippen LogP contribution in [0.5, 0.6) is 0 Å². The molecule has 3 heteroatoms. The molecule has 17 heavy (non-hydrogen) atoms. The zero-order valence-corrected chi connectivity index (χ0v) is 11.0. The highest BCUT2D eigenvalue weighted by molar-refractivity contribution is 6.18. The predicted octanol–water partition coefficient (Wildman–Crippen LogP) is 3.16. The predicted molar refractivity (Wildman–Crippen MR) is 71.8 cm³/mol. The van der Waals surface area contributed by atoms with Crippen molar-refractivity contribution in [3.8, 4) is 0 Å². The van der Waals surface area contributed by atoms with Crippen molar-refractivity contribution in [2.75, 3.05) is 17.3 Å². The van der Waals surface area contributed by atoms with Crippen molar-refractivity contribution in [2.24, 2.45) is 0 Å². The molecule has 0 spiro atoms. The van der Waals surface area contributed by atoms with Gasteiger partial charge in [0.2, 0.25) is 5.91 Å². The second kappa shape index (κ2) is 5.54. The van der Waals surface area contributed by atoms with Crippen molar-refractivity contribution in [1.82, 2.24) is 0 Å². The highest BCUT2D eigenvalue weighted by atomic mass is 35.5. The number of amides is 1. The van der Waals surface area contributed by atoms with Gasteiger partial charge in [-0.15, -0.1) is 11.6 Å². The lowest BCUT2D eigenvalue weighted by Crippen LogP contribution is -2.34. The highest BCUT2D eigenvalue weighted by Gasteiger charge is 2.21. The molecule has 0 bridgehead atoms. The van der Waals surface area contributed by atoms with Crippen LogP contribution in [0.1, 0.15) is 30.9 Å². The van der Waals surface area contributed by atoms with E-state index in [2.05, 4.69) is 18.2 Å². The van der Waals surface area contributed by atoms with E-state index in [-0.39, 0.29) is 5.91 Å². The molecule has 0 unspecified atom stereocenters. The van der Waals surface area contributed by atoms with Crippen LogP contribution in [0.2, 0.25) is 0 Å². The second-order valence-electron chi connectivity index (χ2n) is 4.40. The van der Waals surface area contributed by atoms with Gasteiger partial charge in [0.1, 0.15) is 0 Å². The van der Waals surface area contributed by atoms with Crippen LogP contribution in [0.15, 0.2) is 18.2 Å². The number of carbonyl (C=O) groups is 1. The molecular formula is C14H18ClNO. The average molecular weight is 252 g/mol. The first-order valence-electron chi connectivity index (χ1n) is 6.24. The number of aryl methyl sites for hydroxylation is 2. The van der Waals surface area contributed by atoms with E-state index in [1.54, 1.807) is 0 Å². The van der Waals surface area contributed by atoms with E-state index in [0.717, 1.165) is 31.5 Å². The lowest BCUT2D eigenvalue weighted by Gasteiger charge is -2.29. The van der Waals surface area contributed by atoms with Crippen LogP contribution in [0, 0.1) is 0 Å². The summed E-state index contributed by atoms with van der Waals surface area (Å²) in [7, 11) is 0. The summed E-state index contributed by atoms with van der Waals surface area (Å²) in [5.41, 5.74) is 3.66. The maximum Gasteiger partial charge on any atom is 0.226 e. The fourth-order valence-corrected chi connectivity index (χ4v) is 2.58. The molecule has 2 nitrogen and oxygen atoms in total. The molecule has 2 rings (SSSR count). The number of carbonyl (C=O) groups excluding carboxylic acids is 1. The molecule has 0 aliphatic carbocycles. The van der Waals surface area contributed by atoms with Crippen molar-refractivity contribution in [2.45, 2.75) is 32.6 Å². The van der Waals surface area contributed by atoms with E-state index in [4.69, 9.17) is 11.6 Å². The van der Waals surface area contributed by atoms with Crippen molar-refractivity contribution in [1.29, 1.82) is 0 Å². The van der Waals surface area contributed by atoms with E-state index in [0.29, 0.717) is 12.3 Å². The molecule has 0 radical (unpaired) electrons. The highest BCUT2D eigenvalue weighted by Crippen LogP contribution is 2.28. The molecule has 92 valence electrons. The van der Waals surface area contributed by atoms with Gasteiger partial charge in [-0.2, -0.15) is 0 Å². The lowest BCUT2D eigenvalue weighted by atomic mass is 9.98. The van der Waals surface area contributed by atoms with Crippen molar-refractivity contribution in [3.63, 3.8) is 0 Å². The van der Waals surface area contributed by atoms with Gasteiger partial charge in [-0.1, -0.05) is 19.1 Å². The molecule has 1 aromatic rings. The number of benzene rings is 1. The van der Waals surface area contributed by atoms with Gasteiger partial charge in [0.15, 0.2) is 0 Å². The van der Waals surface area contributed by atoms with Crippen LogP contribution >= 0.6 is 11.6 Å². The largest absolute Gasteiger partial charge is 0.312 e. The third kappa shape index (κ3) is 2.63. The van der Waals surface area contributed by atoms with E-state index < -0.39 is 0 Å². The van der Waals surface area contributed by atoms with Gasteiger partial charge in [0, 0.05) is 24.5 Å². The quantitative estimate of drug-likeness (QED) is 0.756. The maximum atomic E-state index is 11.8. The molecule has 0 saturated carbocycles. The average Bonchev–Trinajstić information content (AvgIpc) is 2.37. The molecule has 1 aliphatic heterocycles. The number of nitrogens with zero attached hydrogens (tertiary/aromatic N) is 1. The first kappa shape index (κ1) is 12.4. The summed E-state index contributed by atoms with van der Waals surface area (Å²) < 4.78 is 0. The molecule has 0 atom stereocenters. The van der Waals surface area contributed by atoms with Gasteiger partial charge in [0.05, 0.1) is 0 Å². The molecule has 0 N–H and O–H groups in total. The maximum absolute atomic E-state index is 11.8. The van der Waals surface area contributed by atoms with Gasteiger partial charge < -0.3 is 4.90 Å². The summed E-state index contributed by atoms with van der Waals surface area (Å²) >= 11 is 5.76. The minimum Gasteiger partial charge on any atom is -0.312 e. The number of anilines is 1. The first-order valence-corrected chi connectivity index (χ1v) is 6.78. The summed E-state index contributed by atoms with van der Waals surface area (Å²) in [6.45, 7) is 2.77. The number of alkyl halides is 1. The Hall–Kier alpha value is -1.02. The fourth-order valence-electron chi connectivity index (χ4n) is 2.37. The Morgan fingerprint density at radius 2 is 2.29 bits per heavy atom. The number of halogens is 1. The van der Waals surface area contributed by atoms with Crippen LogP contribution < -0.4 is 4.90 Å². The Morgan fingerprint density at radius 1 is 1.47 bits per heavy atom. The number of rotatable bonds is 3. The summed E-state index contributed by atoms with van der Waals surface area (Å²) in [6, 6.07) is 6.36. The van der Waals surface area contributed by atoms with Gasteiger partial charge in [-0.25, -0.2) is 0 Å². The third-order valence-corrected chi connectivity index (χ3v) is 3.44. The second-order valence-corrected chi connectivity index (χ2v) is 4.78. The van der Waals surface area contributed by atoms with Gasteiger partial charge in [-0.3, -0.25) is 4.79 Å². The first-order chi connectivity index (χ1) is 8.26. The Bertz CT molecular complexity index is 417. The third-order valence-electron chi connectivity index (χ3n) is 3.25. The topological polar surface area (TPSA) is 20.3 Å². The molecule has 0 saturated heterocycles.